The molecule has 3 heterocycles. The molecular formula is C15H16BrN5O2. The first-order valence-electron chi connectivity index (χ1n) is 7.31. The van der Waals surface area contributed by atoms with Crippen molar-refractivity contribution in [1.82, 2.24) is 19.7 Å². The van der Waals surface area contributed by atoms with E-state index >= 15 is 0 Å². The number of nitriles is 1. The van der Waals surface area contributed by atoms with E-state index in [4.69, 9.17) is 14.7 Å². The van der Waals surface area contributed by atoms with Gasteiger partial charge in [0, 0.05) is 42.6 Å². The highest BCUT2D eigenvalue weighted by Gasteiger charge is 2.12. The SMILES string of the molecule is N#Cc1cc(Br)cnc1Oc1ccn(CCN2CCOCC2)n1. The number of morpholine rings is 1. The van der Waals surface area contributed by atoms with Gasteiger partial charge in [0.2, 0.25) is 11.8 Å². The molecular weight excluding hydrogens is 362 g/mol. The van der Waals surface area contributed by atoms with E-state index in [1.807, 2.05) is 10.9 Å². The predicted molar refractivity (Wildman–Crippen MR) is 86.2 cm³/mol. The van der Waals surface area contributed by atoms with Crippen molar-refractivity contribution in [1.29, 1.82) is 5.26 Å². The molecule has 3 rings (SSSR count). The number of ether oxygens (including phenoxy) is 2. The Morgan fingerprint density at radius 1 is 1.35 bits per heavy atom. The van der Waals surface area contributed by atoms with Crippen molar-refractivity contribution in [2.75, 3.05) is 32.8 Å². The third-order valence-electron chi connectivity index (χ3n) is 3.50. The van der Waals surface area contributed by atoms with Crippen molar-refractivity contribution in [3.8, 4) is 17.8 Å². The zero-order valence-electron chi connectivity index (χ0n) is 12.5. The van der Waals surface area contributed by atoms with Gasteiger partial charge in [0.05, 0.1) is 19.8 Å². The zero-order valence-corrected chi connectivity index (χ0v) is 14.1. The third-order valence-corrected chi connectivity index (χ3v) is 3.94. The smallest absolute Gasteiger partial charge is 0.240 e. The maximum Gasteiger partial charge on any atom is 0.240 e. The molecule has 8 heteroatoms. The molecule has 7 nitrogen and oxygen atoms in total. The molecule has 2 aromatic heterocycles. The molecule has 0 radical (unpaired) electrons. The molecule has 0 N–H and O–H groups in total. The topological polar surface area (TPSA) is 76.2 Å². The van der Waals surface area contributed by atoms with Gasteiger partial charge in [0.25, 0.3) is 0 Å². The first-order valence-corrected chi connectivity index (χ1v) is 8.11. The molecule has 120 valence electrons. The van der Waals surface area contributed by atoms with Crippen LogP contribution in [0.4, 0.5) is 0 Å². The van der Waals surface area contributed by atoms with Crippen molar-refractivity contribution in [3.05, 3.63) is 34.6 Å². The van der Waals surface area contributed by atoms with Crippen molar-refractivity contribution >= 4 is 15.9 Å². The summed E-state index contributed by atoms with van der Waals surface area (Å²) in [6, 6.07) is 5.49. The van der Waals surface area contributed by atoms with Crippen LogP contribution < -0.4 is 4.74 Å². The van der Waals surface area contributed by atoms with Gasteiger partial charge in [-0.15, -0.1) is 5.10 Å². The summed E-state index contributed by atoms with van der Waals surface area (Å²) in [4.78, 5) is 6.45. The van der Waals surface area contributed by atoms with Crippen LogP contribution in [0.1, 0.15) is 5.56 Å². The summed E-state index contributed by atoms with van der Waals surface area (Å²) in [5, 5.41) is 13.5. The highest BCUT2D eigenvalue weighted by molar-refractivity contribution is 9.10. The summed E-state index contributed by atoms with van der Waals surface area (Å²) in [6.45, 7) is 5.20. The van der Waals surface area contributed by atoms with Crippen molar-refractivity contribution in [3.63, 3.8) is 0 Å². The number of pyridine rings is 1. The van der Waals surface area contributed by atoms with Crippen LogP contribution >= 0.6 is 15.9 Å². The van der Waals surface area contributed by atoms with E-state index in [1.54, 1.807) is 18.3 Å². The van der Waals surface area contributed by atoms with Crippen LogP contribution in [0.25, 0.3) is 0 Å². The first kappa shape index (κ1) is 15.9. The summed E-state index contributed by atoms with van der Waals surface area (Å²) in [5.41, 5.74) is 0.363. The highest BCUT2D eigenvalue weighted by atomic mass is 79.9. The number of rotatable bonds is 5. The molecule has 1 saturated heterocycles. The molecule has 23 heavy (non-hydrogen) atoms. The Bertz CT molecular complexity index is 706. The minimum atomic E-state index is 0.258. The van der Waals surface area contributed by atoms with Crippen LogP contribution in [0, 0.1) is 11.3 Å². The molecule has 0 atom stereocenters. The summed E-state index contributed by atoms with van der Waals surface area (Å²) < 4.78 is 13.5. The van der Waals surface area contributed by atoms with Crippen LogP contribution in [-0.2, 0) is 11.3 Å². The second-order valence-corrected chi connectivity index (χ2v) is 6.01. The number of hydrogen-bond donors (Lipinski definition) is 0. The molecule has 1 aliphatic rings. The highest BCUT2D eigenvalue weighted by Crippen LogP contribution is 2.23. The maximum atomic E-state index is 9.12. The number of halogens is 1. The quantitative estimate of drug-likeness (QED) is 0.793. The summed E-state index contributed by atoms with van der Waals surface area (Å²) in [6.07, 6.45) is 3.45. The average Bonchev–Trinajstić information content (AvgIpc) is 3.03. The molecule has 0 unspecified atom stereocenters. The molecule has 0 aromatic carbocycles. The second kappa shape index (κ2) is 7.55. The number of hydrogen-bond acceptors (Lipinski definition) is 6. The fourth-order valence-corrected chi connectivity index (χ4v) is 2.61. The predicted octanol–water partition coefficient (Wildman–Crippen LogP) is 2.04. The lowest BCUT2D eigenvalue weighted by Gasteiger charge is -2.26. The molecule has 2 aromatic rings. The van der Waals surface area contributed by atoms with E-state index in [-0.39, 0.29) is 5.88 Å². The lowest BCUT2D eigenvalue weighted by Crippen LogP contribution is -2.38. The largest absolute Gasteiger partial charge is 0.418 e. The summed E-state index contributed by atoms with van der Waals surface area (Å²) in [5.74, 6) is 0.687. The Kier molecular flexibility index (Phi) is 5.23. The number of aromatic nitrogens is 3. The Labute approximate surface area is 142 Å². The molecule has 0 spiro atoms. The third kappa shape index (κ3) is 4.28. The van der Waals surface area contributed by atoms with E-state index in [0.29, 0.717) is 11.4 Å². The van der Waals surface area contributed by atoms with E-state index in [1.165, 1.54) is 0 Å². The van der Waals surface area contributed by atoms with Gasteiger partial charge in [-0.25, -0.2) is 4.98 Å². The second-order valence-electron chi connectivity index (χ2n) is 5.09. The molecule has 1 fully saturated rings. The van der Waals surface area contributed by atoms with Crippen LogP contribution in [0.2, 0.25) is 0 Å². The van der Waals surface area contributed by atoms with E-state index in [9.17, 15) is 0 Å². The van der Waals surface area contributed by atoms with Gasteiger partial charge in [0.1, 0.15) is 11.6 Å². The van der Waals surface area contributed by atoms with Gasteiger partial charge >= 0.3 is 0 Å². The van der Waals surface area contributed by atoms with Gasteiger partial charge in [-0.2, -0.15) is 5.26 Å². The van der Waals surface area contributed by atoms with Crippen LogP contribution in [0.5, 0.6) is 11.8 Å². The van der Waals surface area contributed by atoms with Gasteiger partial charge in [-0.05, 0) is 22.0 Å². The molecule has 0 saturated carbocycles. The fraction of sp³-hybridized carbons (Fsp3) is 0.400. The van der Waals surface area contributed by atoms with Gasteiger partial charge < -0.3 is 9.47 Å². The van der Waals surface area contributed by atoms with Crippen molar-refractivity contribution in [2.45, 2.75) is 6.54 Å². The Morgan fingerprint density at radius 3 is 2.96 bits per heavy atom. The summed E-state index contributed by atoms with van der Waals surface area (Å²) in [7, 11) is 0. The van der Waals surface area contributed by atoms with Crippen LogP contribution in [-0.4, -0.2) is 52.5 Å². The van der Waals surface area contributed by atoms with Crippen LogP contribution in [0.15, 0.2) is 29.0 Å². The Balaban J connectivity index is 1.60. The van der Waals surface area contributed by atoms with Gasteiger partial charge in [-0.3, -0.25) is 9.58 Å². The van der Waals surface area contributed by atoms with E-state index < -0.39 is 0 Å². The minimum absolute atomic E-state index is 0.258. The fourth-order valence-electron chi connectivity index (χ4n) is 2.28. The lowest BCUT2D eigenvalue weighted by molar-refractivity contribution is 0.0359. The molecule has 0 amide bonds. The van der Waals surface area contributed by atoms with Gasteiger partial charge in [0.15, 0.2) is 0 Å². The Morgan fingerprint density at radius 2 is 2.17 bits per heavy atom. The van der Waals surface area contributed by atoms with Crippen molar-refractivity contribution in [2.24, 2.45) is 0 Å². The lowest BCUT2D eigenvalue weighted by atomic mass is 10.3. The summed E-state index contributed by atoms with van der Waals surface area (Å²) >= 11 is 3.28. The van der Waals surface area contributed by atoms with Gasteiger partial charge in [-0.1, -0.05) is 0 Å². The average molecular weight is 378 g/mol. The molecule has 0 bridgehead atoms. The Hall–Kier alpha value is -1.95. The standard InChI is InChI=1S/C15H16BrN5O2/c16-13-9-12(10-17)15(18-11-13)23-14-1-2-21(19-14)4-3-20-5-7-22-8-6-20/h1-2,9,11H,3-8H2. The van der Waals surface area contributed by atoms with E-state index in [0.717, 1.165) is 43.9 Å². The zero-order chi connectivity index (χ0) is 16.1. The van der Waals surface area contributed by atoms with E-state index in [2.05, 4.69) is 37.0 Å². The van der Waals surface area contributed by atoms with Crippen molar-refractivity contribution < 1.29 is 9.47 Å². The minimum Gasteiger partial charge on any atom is -0.418 e. The monoisotopic (exact) mass is 377 g/mol. The first-order chi connectivity index (χ1) is 11.2. The molecule has 1 aliphatic heterocycles. The normalized spacial score (nSPS) is 15.3. The molecule has 0 aliphatic carbocycles. The maximum absolute atomic E-state index is 9.12. The van der Waals surface area contributed by atoms with Crippen LogP contribution in [0.3, 0.4) is 0 Å². The number of nitrogens with zero attached hydrogens (tertiary/aromatic N) is 5.